The van der Waals surface area contributed by atoms with Gasteiger partial charge >= 0.3 is 0 Å². The average Bonchev–Trinajstić information content (AvgIpc) is 2.76. The van der Waals surface area contributed by atoms with Gasteiger partial charge in [-0.15, -0.1) is 0 Å². The van der Waals surface area contributed by atoms with Crippen LogP contribution in [0.4, 0.5) is 5.69 Å². The maximum Gasteiger partial charge on any atom is 0.279 e. The summed E-state index contributed by atoms with van der Waals surface area (Å²) in [5.41, 5.74) is 2.06. The average molecular weight is 456 g/mol. The van der Waals surface area contributed by atoms with Crippen molar-refractivity contribution in [3.63, 3.8) is 0 Å². The molecule has 0 saturated heterocycles. The molecule has 3 rings (SSSR count). The summed E-state index contributed by atoms with van der Waals surface area (Å²) in [6.45, 7) is 5.58. The molecule has 0 amide bonds. The molecule has 0 aromatic heterocycles. The quantitative estimate of drug-likeness (QED) is 0.358. The number of Topliss-reactive ketones (excluding diaryl/α,β-unsaturated/α-hetero) is 1. The van der Waals surface area contributed by atoms with Crippen LogP contribution in [0.15, 0.2) is 53.7 Å². The highest BCUT2D eigenvalue weighted by molar-refractivity contribution is 7.80. The van der Waals surface area contributed by atoms with E-state index < -0.39 is 11.0 Å². The summed E-state index contributed by atoms with van der Waals surface area (Å²) < 4.78 is 11.6. The van der Waals surface area contributed by atoms with E-state index in [1.807, 2.05) is 37.3 Å². The van der Waals surface area contributed by atoms with Crippen molar-refractivity contribution in [1.29, 1.82) is 0 Å². The van der Waals surface area contributed by atoms with Gasteiger partial charge in [-0.1, -0.05) is 30.3 Å². The lowest BCUT2D eigenvalue weighted by atomic mass is 9.91. The lowest BCUT2D eigenvalue weighted by molar-refractivity contribution is -0.385. The summed E-state index contributed by atoms with van der Waals surface area (Å²) in [5, 5.41) is 15.4. The minimum absolute atomic E-state index is 0.187. The summed E-state index contributed by atoms with van der Waals surface area (Å²) in [6.07, 6.45) is 0. The molecule has 32 heavy (non-hydrogen) atoms. The van der Waals surface area contributed by atoms with Crippen LogP contribution in [0.3, 0.4) is 0 Å². The first kappa shape index (κ1) is 23.2. The van der Waals surface area contributed by atoms with E-state index in [2.05, 4.69) is 5.32 Å². The van der Waals surface area contributed by atoms with Gasteiger partial charge in [0.25, 0.3) is 5.69 Å². The molecule has 0 unspecified atom stereocenters. The molecule has 1 N–H and O–H groups in total. The molecule has 0 spiro atoms. The van der Waals surface area contributed by atoms with Crippen LogP contribution in [0.1, 0.15) is 37.9 Å². The molecule has 0 saturated carbocycles. The molecule has 0 radical (unpaired) electrons. The highest BCUT2D eigenvalue weighted by atomic mass is 32.1. The van der Waals surface area contributed by atoms with Gasteiger partial charge in [0, 0.05) is 18.3 Å². The normalized spacial score (nSPS) is 15.9. The molecule has 2 aromatic carbocycles. The first-order chi connectivity index (χ1) is 15.2. The summed E-state index contributed by atoms with van der Waals surface area (Å²) in [5.74, 6) is 0.411. The molecule has 0 bridgehead atoms. The fraction of sp³-hybridized carbons (Fsp3) is 0.304. The number of carbonyl (C=O) groups excluding carboxylic acids is 1. The number of nitro groups is 1. The Labute approximate surface area is 192 Å². The SMILES string of the molecule is CCOc1cc([C@@H]2NC(=S)N(C)C(C)=C2C(C)=O)c([N+](=O)[O-])cc1OCc1ccccc1. The van der Waals surface area contributed by atoms with Gasteiger partial charge < -0.3 is 19.7 Å². The largest absolute Gasteiger partial charge is 0.490 e. The Kier molecular flexibility index (Phi) is 7.09. The van der Waals surface area contributed by atoms with Crippen molar-refractivity contribution in [2.45, 2.75) is 33.4 Å². The second-order valence-electron chi connectivity index (χ2n) is 7.32. The van der Waals surface area contributed by atoms with Crippen LogP contribution in [-0.4, -0.2) is 34.4 Å². The second kappa shape index (κ2) is 9.78. The standard InChI is InChI=1S/C23H25N3O5S/c1-5-30-19-11-17(22-21(15(3)27)14(2)25(4)23(32)24-22)18(26(28)29)12-20(19)31-13-16-9-7-6-8-10-16/h6-12,22H,5,13H2,1-4H3,(H,24,32)/t22-/m0/s1. The molecule has 1 aliphatic rings. The number of rotatable bonds is 8. The molecule has 9 heteroatoms. The number of nitro benzene ring substituents is 1. The number of ether oxygens (including phenoxy) is 2. The van der Waals surface area contributed by atoms with E-state index in [4.69, 9.17) is 21.7 Å². The smallest absolute Gasteiger partial charge is 0.279 e. The molecular formula is C23H25N3O5S. The van der Waals surface area contributed by atoms with Gasteiger partial charge in [-0.05, 0) is 44.6 Å². The Morgan fingerprint density at radius 2 is 1.88 bits per heavy atom. The summed E-state index contributed by atoms with van der Waals surface area (Å²) in [6, 6.07) is 11.6. The van der Waals surface area contributed by atoms with Crippen molar-refractivity contribution in [2.75, 3.05) is 13.7 Å². The van der Waals surface area contributed by atoms with E-state index in [0.29, 0.717) is 28.7 Å². The van der Waals surface area contributed by atoms with Gasteiger partial charge in [0.2, 0.25) is 0 Å². The molecule has 1 aliphatic heterocycles. The van der Waals surface area contributed by atoms with Crippen LogP contribution in [0, 0.1) is 10.1 Å². The van der Waals surface area contributed by atoms with E-state index in [1.165, 1.54) is 13.0 Å². The van der Waals surface area contributed by atoms with Crippen molar-refractivity contribution in [2.24, 2.45) is 0 Å². The number of nitrogens with one attached hydrogen (secondary N) is 1. The predicted molar refractivity (Wildman–Crippen MR) is 125 cm³/mol. The Balaban J connectivity index is 2.11. The van der Waals surface area contributed by atoms with Gasteiger partial charge in [-0.3, -0.25) is 14.9 Å². The third-order valence-corrected chi connectivity index (χ3v) is 5.66. The fourth-order valence-electron chi connectivity index (χ4n) is 3.60. The van der Waals surface area contributed by atoms with Gasteiger partial charge in [0.1, 0.15) is 6.61 Å². The fourth-order valence-corrected chi connectivity index (χ4v) is 3.85. The van der Waals surface area contributed by atoms with Crippen LogP contribution >= 0.6 is 12.2 Å². The van der Waals surface area contributed by atoms with Gasteiger partial charge in [-0.25, -0.2) is 0 Å². The van der Waals surface area contributed by atoms with Crippen molar-refractivity contribution >= 4 is 28.8 Å². The van der Waals surface area contributed by atoms with Crippen LogP contribution in [0.5, 0.6) is 11.5 Å². The number of hydrogen-bond acceptors (Lipinski definition) is 6. The highest BCUT2D eigenvalue weighted by Gasteiger charge is 2.35. The molecule has 168 valence electrons. The minimum Gasteiger partial charge on any atom is -0.490 e. The number of ketones is 1. The Hall–Kier alpha value is -3.46. The van der Waals surface area contributed by atoms with E-state index in [-0.39, 0.29) is 29.4 Å². The van der Waals surface area contributed by atoms with E-state index in [1.54, 1.807) is 24.9 Å². The monoisotopic (exact) mass is 455 g/mol. The van der Waals surface area contributed by atoms with Crippen LogP contribution in [0.2, 0.25) is 0 Å². The van der Waals surface area contributed by atoms with Crippen LogP contribution in [-0.2, 0) is 11.4 Å². The number of carbonyl (C=O) groups is 1. The lowest BCUT2D eigenvalue weighted by Crippen LogP contribution is -2.45. The number of allylic oxidation sites excluding steroid dienone is 1. The Morgan fingerprint density at radius 3 is 2.47 bits per heavy atom. The predicted octanol–water partition coefficient (Wildman–Crippen LogP) is 4.30. The minimum atomic E-state index is -0.779. The zero-order valence-corrected chi connectivity index (χ0v) is 19.2. The molecular weight excluding hydrogens is 430 g/mol. The van der Waals surface area contributed by atoms with Crippen molar-refractivity contribution in [1.82, 2.24) is 10.2 Å². The highest BCUT2D eigenvalue weighted by Crippen LogP contribution is 2.42. The van der Waals surface area contributed by atoms with E-state index in [9.17, 15) is 14.9 Å². The first-order valence-corrected chi connectivity index (χ1v) is 10.5. The maximum absolute atomic E-state index is 12.5. The van der Waals surface area contributed by atoms with Crippen LogP contribution < -0.4 is 14.8 Å². The molecule has 2 aromatic rings. The molecule has 0 aliphatic carbocycles. The van der Waals surface area contributed by atoms with Gasteiger partial charge in [0.15, 0.2) is 22.4 Å². The number of hydrogen-bond donors (Lipinski definition) is 1. The maximum atomic E-state index is 12.5. The molecule has 1 atom stereocenters. The summed E-state index contributed by atoms with van der Waals surface area (Å²) in [7, 11) is 1.74. The lowest BCUT2D eigenvalue weighted by Gasteiger charge is -2.35. The van der Waals surface area contributed by atoms with Gasteiger partial charge in [0.05, 0.1) is 29.2 Å². The number of benzene rings is 2. The Bertz CT molecular complexity index is 1080. The second-order valence-corrected chi connectivity index (χ2v) is 7.71. The molecule has 8 nitrogen and oxygen atoms in total. The summed E-state index contributed by atoms with van der Waals surface area (Å²) >= 11 is 5.38. The van der Waals surface area contributed by atoms with Gasteiger partial charge in [-0.2, -0.15) is 0 Å². The summed E-state index contributed by atoms with van der Waals surface area (Å²) in [4.78, 5) is 25.7. The number of thiocarbonyl (C=S) groups is 1. The third-order valence-electron chi connectivity index (χ3n) is 5.27. The van der Waals surface area contributed by atoms with Crippen molar-refractivity contribution < 1.29 is 19.2 Å². The van der Waals surface area contributed by atoms with E-state index >= 15 is 0 Å². The van der Waals surface area contributed by atoms with Crippen molar-refractivity contribution in [3.05, 3.63) is 75.0 Å². The van der Waals surface area contributed by atoms with Crippen molar-refractivity contribution in [3.8, 4) is 11.5 Å². The number of nitrogens with zero attached hydrogens (tertiary/aromatic N) is 2. The third kappa shape index (κ3) is 4.72. The first-order valence-electron chi connectivity index (χ1n) is 10.1. The topological polar surface area (TPSA) is 93.9 Å². The van der Waals surface area contributed by atoms with E-state index in [0.717, 1.165) is 5.56 Å². The zero-order valence-electron chi connectivity index (χ0n) is 18.4. The Morgan fingerprint density at radius 1 is 1.22 bits per heavy atom. The molecule has 1 heterocycles. The van der Waals surface area contributed by atoms with Crippen LogP contribution in [0.25, 0.3) is 0 Å². The molecule has 0 fully saturated rings. The zero-order chi connectivity index (χ0) is 23.4.